The van der Waals surface area contributed by atoms with Gasteiger partial charge in [-0.1, -0.05) is 0 Å². The molecule has 0 aliphatic heterocycles. The van der Waals surface area contributed by atoms with Gasteiger partial charge in [-0.3, -0.25) is 9.52 Å². The molecule has 98 valence electrons. The number of hydrogen-bond acceptors (Lipinski definition) is 4. The van der Waals surface area contributed by atoms with E-state index in [1.165, 1.54) is 0 Å². The van der Waals surface area contributed by atoms with Gasteiger partial charge in [0.25, 0.3) is 11.8 Å². The molecule has 0 bridgehead atoms. The molecule has 0 aromatic rings. The molecule has 0 heterocycles. The van der Waals surface area contributed by atoms with Crippen LogP contribution in [0.2, 0.25) is 0 Å². The highest BCUT2D eigenvalue weighted by atomic mass is 32.2. The van der Waals surface area contributed by atoms with E-state index in [1.807, 2.05) is 4.72 Å². The van der Waals surface area contributed by atoms with Crippen LogP contribution in [-0.2, 0) is 14.8 Å². The van der Waals surface area contributed by atoms with Crippen LogP contribution < -0.4 is 10.5 Å². The van der Waals surface area contributed by atoms with Crippen LogP contribution in [0, 0.1) is 0 Å². The zero-order valence-electron chi connectivity index (χ0n) is 9.08. The van der Waals surface area contributed by atoms with Crippen molar-refractivity contribution in [3.8, 4) is 0 Å². The summed E-state index contributed by atoms with van der Waals surface area (Å²) in [4.78, 5) is 11.7. The molecular weight excluding hydrogens is 254 g/mol. The lowest BCUT2D eigenvalue weighted by atomic mass is 9.98. The number of carbonyl (C=O) groups excluding carboxylic acids is 1. The Balaban J connectivity index is 2.06. The van der Waals surface area contributed by atoms with Crippen molar-refractivity contribution in [1.82, 2.24) is 4.72 Å². The summed E-state index contributed by atoms with van der Waals surface area (Å²) in [6, 6.07) is 0. The number of sulfonamides is 1. The Hall–Kier alpha value is -0.760. The Bertz CT molecular complexity index is 447. The first-order valence-corrected chi connectivity index (χ1v) is 6.92. The van der Waals surface area contributed by atoms with E-state index in [9.17, 15) is 22.0 Å². The average Bonchev–Trinajstić information content (AvgIpc) is 2.93. The highest BCUT2D eigenvalue weighted by Gasteiger charge is 2.52. The maximum Gasteiger partial charge on any atom is 0.253 e. The summed E-state index contributed by atoms with van der Waals surface area (Å²) in [6.45, 7) is 0. The second kappa shape index (κ2) is 3.61. The molecule has 0 saturated heterocycles. The standard InChI is InChI=1S/C9H14F2N2O3S/c10-9(11)4-3-8(12,5-9)7(14)13-17(15,16)6-1-2-6/h6H,1-5,12H2,(H,13,14)/t8-/m1/s1. The van der Waals surface area contributed by atoms with Crippen molar-refractivity contribution in [3.05, 3.63) is 0 Å². The number of nitrogens with one attached hydrogen (secondary N) is 1. The van der Waals surface area contributed by atoms with Crippen LogP contribution in [-0.4, -0.2) is 31.0 Å². The molecule has 3 N–H and O–H groups in total. The van der Waals surface area contributed by atoms with E-state index < -0.39 is 45.5 Å². The molecule has 1 atom stereocenters. The van der Waals surface area contributed by atoms with Crippen molar-refractivity contribution in [3.63, 3.8) is 0 Å². The molecule has 1 amide bonds. The third kappa shape index (κ3) is 2.57. The van der Waals surface area contributed by atoms with E-state index in [1.54, 1.807) is 0 Å². The first kappa shape index (κ1) is 12.7. The molecule has 17 heavy (non-hydrogen) atoms. The minimum absolute atomic E-state index is 0.202. The second-order valence-electron chi connectivity index (χ2n) is 4.86. The minimum Gasteiger partial charge on any atom is -0.317 e. The quantitative estimate of drug-likeness (QED) is 0.760. The molecule has 8 heteroatoms. The zero-order chi connectivity index (χ0) is 12.9. The first-order chi connectivity index (χ1) is 7.65. The summed E-state index contributed by atoms with van der Waals surface area (Å²) in [5.74, 6) is -4.00. The third-order valence-electron chi connectivity index (χ3n) is 3.16. The summed E-state index contributed by atoms with van der Waals surface area (Å²) in [6.07, 6.45) is -0.495. The normalized spacial score (nSPS) is 32.4. The number of amides is 1. The molecule has 0 radical (unpaired) electrons. The number of hydrogen-bond donors (Lipinski definition) is 2. The van der Waals surface area contributed by atoms with Crippen molar-refractivity contribution in [2.45, 2.75) is 48.8 Å². The van der Waals surface area contributed by atoms with Crippen LogP contribution in [0.1, 0.15) is 32.1 Å². The smallest absolute Gasteiger partial charge is 0.253 e. The van der Waals surface area contributed by atoms with Crippen LogP contribution in [0.3, 0.4) is 0 Å². The molecule has 5 nitrogen and oxygen atoms in total. The van der Waals surface area contributed by atoms with Gasteiger partial charge in [-0.05, 0) is 19.3 Å². The molecule has 2 fully saturated rings. The number of carbonyl (C=O) groups is 1. The van der Waals surface area contributed by atoms with Gasteiger partial charge >= 0.3 is 0 Å². The molecule has 2 saturated carbocycles. The summed E-state index contributed by atoms with van der Waals surface area (Å²) in [5.41, 5.74) is 3.78. The Labute approximate surface area is 97.8 Å². The third-order valence-corrected chi connectivity index (χ3v) is 4.98. The fourth-order valence-electron chi connectivity index (χ4n) is 1.93. The monoisotopic (exact) mass is 268 g/mol. The predicted octanol–water partition coefficient (Wildman–Crippen LogP) is 0.111. The van der Waals surface area contributed by atoms with Crippen LogP contribution in [0.5, 0.6) is 0 Å². The molecule has 0 spiro atoms. The summed E-state index contributed by atoms with van der Waals surface area (Å²) in [7, 11) is -3.72. The highest BCUT2D eigenvalue weighted by molar-refractivity contribution is 7.90. The molecule has 0 aromatic heterocycles. The van der Waals surface area contributed by atoms with Gasteiger partial charge in [0.2, 0.25) is 10.0 Å². The van der Waals surface area contributed by atoms with E-state index in [0.717, 1.165) is 0 Å². The van der Waals surface area contributed by atoms with E-state index in [2.05, 4.69) is 0 Å². The van der Waals surface area contributed by atoms with E-state index in [0.29, 0.717) is 12.8 Å². The lowest BCUT2D eigenvalue weighted by molar-refractivity contribution is -0.125. The SMILES string of the molecule is N[C@]1(C(=O)NS(=O)(=O)C2CC2)CCC(F)(F)C1. The predicted molar refractivity (Wildman–Crippen MR) is 55.8 cm³/mol. The van der Waals surface area contributed by atoms with Crippen LogP contribution >= 0.6 is 0 Å². The molecule has 2 rings (SSSR count). The number of halogens is 2. The van der Waals surface area contributed by atoms with Crippen molar-refractivity contribution < 1.29 is 22.0 Å². The van der Waals surface area contributed by atoms with Crippen LogP contribution in [0.25, 0.3) is 0 Å². The summed E-state index contributed by atoms with van der Waals surface area (Å²) in [5, 5.41) is -0.572. The second-order valence-corrected chi connectivity index (χ2v) is 6.83. The largest absolute Gasteiger partial charge is 0.317 e. The number of rotatable bonds is 3. The lowest BCUT2D eigenvalue weighted by Crippen LogP contribution is -2.54. The molecular formula is C9H14F2N2O3S. The van der Waals surface area contributed by atoms with E-state index in [4.69, 9.17) is 5.73 Å². The van der Waals surface area contributed by atoms with E-state index in [-0.39, 0.29) is 6.42 Å². The summed E-state index contributed by atoms with van der Waals surface area (Å²) >= 11 is 0. The molecule has 0 unspecified atom stereocenters. The Morgan fingerprint density at radius 3 is 2.29 bits per heavy atom. The number of alkyl halides is 2. The first-order valence-electron chi connectivity index (χ1n) is 5.37. The van der Waals surface area contributed by atoms with Crippen LogP contribution in [0.4, 0.5) is 8.78 Å². The fourth-order valence-corrected chi connectivity index (χ4v) is 3.32. The van der Waals surface area contributed by atoms with Crippen molar-refractivity contribution in [2.75, 3.05) is 0 Å². The van der Waals surface area contributed by atoms with Gasteiger partial charge in [0.15, 0.2) is 0 Å². The summed E-state index contributed by atoms with van der Waals surface area (Å²) < 4.78 is 50.8. The van der Waals surface area contributed by atoms with Crippen molar-refractivity contribution in [2.24, 2.45) is 5.73 Å². The van der Waals surface area contributed by atoms with Gasteiger partial charge in [0, 0.05) is 12.8 Å². The van der Waals surface area contributed by atoms with Crippen molar-refractivity contribution in [1.29, 1.82) is 0 Å². The van der Waals surface area contributed by atoms with Crippen molar-refractivity contribution >= 4 is 15.9 Å². The number of nitrogens with two attached hydrogens (primary N) is 1. The Morgan fingerprint density at radius 2 is 1.88 bits per heavy atom. The fraction of sp³-hybridized carbons (Fsp3) is 0.889. The van der Waals surface area contributed by atoms with Gasteiger partial charge < -0.3 is 5.73 Å². The maximum atomic E-state index is 13.0. The molecule has 0 aromatic carbocycles. The Kier molecular flexibility index (Phi) is 2.70. The lowest BCUT2D eigenvalue weighted by Gasteiger charge is -2.22. The topological polar surface area (TPSA) is 89.3 Å². The molecule has 2 aliphatic rings. The average molecular weight is 268 g/mol. The van der Waals surface area contributed by atoms with Gasteiger partial charge in [0.1, 0.15) is 5.54 Å². The van der Waals surface area contributed by atoms with Gasteiger partial charge in [-0.2, -0.15) is 0 Å². The zero-order valence-corrected chi connectivity index (χ0v) is 9.90. The molecule has 2 aliphatic carbocycles. The van der Waals surface area contributed by atoms with Gasteiger partial charge in [-0.25, -0.2) is 17.2 Å². The van der Waals surface area contributed by atoms with Gasteiger partial charge in [-0.15, -0.1) is 0 Å². The maximum absolute atomic E-state index is 13.0. The van der Waals surface area contributed by atoms with Gasteiger partial charge in [0.05, 0.1) is 5.25 Å². The minimum atomic E-state index is -3.72. The Morgan fingerprint density at radius 1 is 1.29 bits per heavy atom. The van der Waals surface area contributed by atoms with Crippen LogP contribution in [0.15, 0.2) is 0 Å². The highest BCUT2D eigenvalue weighted by Crippen LogP contribution is 2.40. The van der Waals surface area contributed by atoms with E-state index >= 15 is 0 Å².